The van der Waals surface area contributed by atoms with E-state index in [0.29, 0.717) is 29.6 Å². The van der Waals surface area contributed by atoms with E-state index >= 15 is 0 Å². The highest BCUT2D eigenvalue weighted by atomic mass is 32.2. The van der Waals surface area contributed by atoms with E-state index in [0.717, 1.165) is 13.0 Å². The number of piperidine rings is 1. The molecule has 20 heavy (non-hydrogen) atoms. The van der Waals surface area contributed by atoms with E-state index in [1.165, 1.54) is 12.8 Å². The maximum Gasteiger partial charge on any atom is 0.245 e. The van der Waals surface area contributed by atoms with Crippen LogP contribution in [-0.4, -0.2) is 29.2 Å². The van der Waals surface area contributed by atoms with Crippen LogP contribution in [0.4, 0.5) is 5.69 Å². The van der Waals surface area contributed by atoms with Crippen LogP contribution < -0.4 is 20.5 Å². The molecule has 0 amide bonds. The number of hydrogen-bond donors (Lipinski definition) is 3. The highest BCUT2D eigenvalue weighted by Crippen LogP contribution is 2.29. The first kappa shape index (κ1) is 13.4. The van der Waals surface area contributed by atoms with Crippen LogP contribution in [0.15, 0.2) is 22.6 Å². The Balaban J connectivity index is 1.76. The van der Waals surface area contributed by atoms with Crippen molar-refractivity contribution in [2.45, 2.75) is 25.3 Å². The Bertz CT molecular complexity index is 555. The number of anilines is 1. The molecule has 2 atom stereocenters. The van der Waals surface area contributed by atoms with Crippen molar-refractivity contribution in [1.29, 1.82) is 0 Å². The highest BCUT2D eigenvalue weighted by Gasteiger charge is 2.21. The largest absolute Gasteiger partial charge is 0.491 e. The van der Waals surface area contributed by atoms with Crippen LogP contribution in [0.1, 0.15) is 24.8 Å². The monoisotopic (exact) mass is 294 g/mol. The fourth-order valence-electron chi connectivity index (χ4n) is 2.51. The van der Waals surface area contributed by atoms with E-state index in [1.54, 1.807) is 0 Å². The number of ether oxygens (including phenoxy) is 1. The molecule has 0 aromatic heterocycles. The molecule has 4 N–H and O–H groups in total. The Morgan fingerprint density at radius 2 is 2.35 bits per heavy atom. The Kier molecular flexibility index (Phi) is 3.88. The first-order valence-electron chi connectivity index (χ1n) is 6.76. The van der Waals surface area contributed by atoms with Gasteiger partial charge in [-0.05, 0) is 31.5 Å². The number of hydrogen-bond acceptors (Lipinski definition) is 4. The molecule has 7 heteroatoms. The lowest BCUT2D eigenvalue weighted by atomic mass is 10.1. The molecule has 0 saturated carbocycles. The van der Waals surface area contributed by atoms with Gasteiger partial charge in [-0.3, -0.25) is 4.72 Å². The van der Waals surface area contributed by atoms with Crippen molar-refractivity contribution in [2.24, 2.45) is 10.1 Å². The average Bonchev–Trinajstić information content (AvgIpc) is 2.45. The van der Waals surface area contributed by atoms with Gasteiger partial charge in [0.25, 0.3) is 0 Å². The Morgan fingerprint density at radius 3 is 3.15 bits per heavy atom. The van der Waals surface area contributed by atoms with Crippen LogP contribution in [0.2, 0.25) is 0 Å². The second-order valence-corrected chi connectivity index (χ2v) is 5.85. The number of nitrogens with one attached hydrogen (secondary N) is 2. The van der Waals surface area contributed by atoms with E-state index in [-0.39, 0.29) is 5.84 Å². The third kappa shape index (κ3) is 2.78. The minimum absolute atomic E-state index is 0.254. The second-order valence-electron chi connectivity index (χ2n) is 4.96. The predicted octanol–water partition coefficient (Wildman–Crippen LogP) is 0.917. The van der Waals surface area contributed by atoms with Gasteiger partial charge in [0.2, 0.25) is 11.2 Å². The third-order valence-electron chi connectivity index (χ3n) is 3.51. The number of nitrogens with two attached hydrogens (primary N) is 1. The first-order valence-corrected chi connectivity index (χ1v) is 7.87. The molecule has 1 saturated heterocycles. The van der Waals surface area contributed by atoms with E-state index in [1.807, 2.05) is 18.2 Å². The third-order valence-corrected chi connectivity index (χ3v) is 4.27. The molecule has 1 aromatic rings. The normalized spacial score (nSPS) is 25.3. The van der Waals surface area contributed by atoms with Crippen molar-refractivity contribution < 1.29 is 8.95 Å². The molecule has 1 aromatic carbocycles. The highest BCUT2D eigenvalue weighted by molar-refractivity contribution is 7.85. The van der Waals surface area contributed by atoms with Crippen LogP contribution in [0.25, 0.3) is 0 Å². The number of amidine groups is 1. The summed E-state index contributed by atoms with van der Waals surface area (Å²) in [4.78, 5) is 0. The van der Waals surface area contributed by atoms with Gasteiger partial charge in [-0.25, -0.2) is 4.21 Å². The summed E-state index contributed by atoms with van der Waals surface area (Å²) in [6, 6.07) is 5.91. The topological polar surface area (TPSA) is 88.7 Å². The summed E-state index contributed by atoms with van der Waals surface area (Å²) in [5.41, 5.74) is 7.26. The van der Waals surface area contributed by atoms with E-state index in [2.05, 4.69) is 14.4 Å². The lowest BCUT2D eigenvalue weighted by Crippen LogP contribution is -2.38. The quantitative estimate of drug-likeness (QED) is 0.773. The molecule has 6 nitrogen and oxygen atoms in total. The molecule has 2 unspecified atom stereocenters. The number of fused-ring (bicyclic) bond motifs is 1. The van der Waals surface area contributed by atoms with Gasteiger partial charge < -0.3 is 15.8 Å². The molecule has 0 aliphatic carbocycles. The zero-order valence-corrected chi connectivity index (χ0v) is 11.9. The van der Waals surface area contributed by atoms with Crippen LogP contribution in [0.5, 0.6) is 5.75 Å². The fraction of sp³-hybridized carbons (Fsp3) is 0.462. The van der Waals surface area contributed by atoms with Gasteiger partial charge in [0.15, 0.2) is 0 Å². The molecule has 0 spiro atoms. The molecule has 0 bridgehead atoms. The minimum atomic E-state index is -1.50. The summed E-state index contributed by atoms with van der Waals surface area (Å²) in [6.07, 6.45) is 3.59. The lowest BCUT2D eigenvalue weighted by molar-refractivity contribution is 0.239. The van der Waals surface area contributed by atoms with Crippen LogP contribution in [0.3, 0.4) is 0 Å². The van der Waals surface area contributed by atoms with Crippen LogP contribution >= 0.6 is 0 Å². The van der Waals surface area contributed by atoms with Crippen molar-refractivity contribution >= 4 is 22.7 Å². The molecule has 2 aliphatic heterocycles. The van der Waals surface area contributed by atoms with Crippen molar-refractivity contribution in [3.8, 4) is 5.75 Å². The predicted molar refractivity (Wildman–Crippen MR) is 80.1 cm³/mol. The van der Waals surface area contributed by atoms with Crippen LogP contribution in [0, 0.1) is 0 Å². The molecule has 2 heterocycles. The van der Waals surface area contributed by atoms with Gasteiger partial charge in [-0.15, -0.1) is 0 Å². The van der Waals surface area contributed by atoms with Gasteiger partial charge >= 0.3 is 0 Å². The summed E-state index contributed by atoms with van der Waals surface area (Å²) in [5, 5.41) is 3.44. The van der Waals surface area contributed by atoms with Crippen molar-refractivity contribution in [1.82, 2.24) is 5.32 Å². The SMILES string of the molecule is NC1=NS(=O)Nc2cccc(OCC3CCCCN3)c21. The standard InChI is InChI=1S/C13H18N4O2S/c14-13-12-10(16-20(18)17-13)5-3-6-11(12)19-8-9-4-1-2-7-15-9/h3,5-6,9,15-16H,1-2,4,7-8H2,(H2,14,17). The van der Waals surface area contributed by atoms with E-state index < -0.39 is 11.2 Å². The maximum absolute atomic E-state index is 11.4. The molecule has 2 aliphatic rings. The van der Waals surface area contributed by atoms with Crippen molar-refractivity contribution in [3.63, 3.8) is 0 Å². The van der Waals surface area contributed by atoms with Gasteiger partial charge in [-0.1, -0.05) is 12.5 Å². The van der Waals surface area contributed by atoms with Gasteiger partial charge in [0.05, 0.1) is 11.3 Å². The fourth-order valence-corrected chi connectivity index (χ4v) is 3.18. The summed E-state index contributed by atoms with van der Waals surface area (Å²) in [6.45, 7) is 1.65. The smallest absolute Gasteiger partial charge is 0.245 e. The second kappa shape index (κ2) is 5.80. The summed E-state index contributed by atoms with van der Waals surface area (Å²) < 4.78 is 23.9. The van der Waals surface area contributed by atoms with E-state index in [4.69, 9.17) is 10.5 Å². The van der Waals surface area contributed by atoms with Crippen LogP contribution in [-0.2, 0) is 11.2 Å². The number of nitrogens with zero attached hydrogens (tertiary/aromatic N) is 1. The van der Waals surface area contributed by atoms with Gasteiger partial charge in [0.1, 0.15) is 18.2 Å². The first-order chi connectivity index (χ1) is 9.74. The number of benzene rings is 1. The zero-order valence-electron chi connectivity index (χ0n) is 11.1. The summed E-state index contributed by atoms with van der Waals surface area (Å²) >= 11 is -1.50. The molecule has 108 valence electrons. The average molecular weight is 294 g/mol. The summed E-state index contributed by atoms with van der Waals surface area (Å²) in [5.74, 6) is 0.935. The number of rotatable bonds is 3. The van der Waals surface area contributed by atoms with Gasteiger partial charge in [-0.2, -0.15) is 4.40 Å². The maximum atomic E-state index is 11.4. The molecular weight excluding hydrogens is 276 g/mol. The Morgan fingerprint density at radius 1 is 1.45 bits per heavy atom. The molecule has 3 rings (SSSR count). The Labute approximate surface area is 120 Å². The van der Waals surface area contributed by atoms with E-state index in [9.17, 15) is 4.21 Å². The van der Waals surface area contributed by atoms with Crippen molar-refractivity contribution in [2.75, 3.05) is 17.9 Å². The zero-order chi connectivity index (χ0) is 13.9. The minimum Gasteiger partial charge on any atom is -0.491 e. The molecular formula is C13H18N4O2S. The molecule has 0 radical (unpaired) electrons. The summed E-state index contributed by atoms with van der Waals surface area (Å²) in [7, 11) is 0. The van der Waals surface area contributed by atoms with Crippen molar-refractivity contribution in [3.05, 3.63) is 23.8 Å². The lowest BCUT2D eigenvalue weighted by Gasteiger charge is -2.25. The molecule has 1 fully saturated rings. The Hall–Kier alpha value is -1.60. The van der Waals surface area contributed by atoms with Gasteiger partial charge in [0, 0.05) is 6.04 Å².